The SMILES string of the molecule is O=C(NC1CCCC1)[C@@H](Cc1ccccc1)N(Cc1ccc(Cl)cc1Cl)C(=O)CCc1ccc2c(c1)OCO2. The summed E-state index contributed by atoms with van der Waals surface area (Å²) in [4.78, 5) is 29.4. The first-order valence-electron chi connectivity index (χ1n) is 13.4. The van der Waals surface area contributed by atoms with Crippen LogP contribution in [0.25, 0.3) is 0 Å². The van der Waals surface area contributed by atoms with Gasteiger partial charge in [-0.1, -0.05) is 78.5 Å². The van der Waals surface area contributed by atoms with E-state index in [0.717, 1.165) is 42.4 Å². The minimum absolute atomic E-state index is 0.124. The summed E-state index contributed by atoms with van der Waals surface area (Å²) in [6, 6.07) is 20.2. The second-order valence-electron chi connectivity index (χ2n) is 10.1. The number of benzene rings is 3. The van der Waals surface area contributed by atoms with E-state index in [9.17, 15) is 9.59 Å². The van der Waals surface area contributed by atoms with Gasteiger partial charge in [-0.15, -0.1) is 0 Å². The Morgan fingerprint density at radius 2 is 1.69 bits per heavy atom. The molecule has 1 fully saturated rings. The third-order valence-corrected chi connectivity index (χ3v) is 7.98. The smallest absolute Gasteiger partial charge is 0.243 e. The summed E-state index contributed by atoms with van der Waals surface area (Å²) in [6.45, 7) is 0.399. The highest BCUT2D eigenvalue weighted by atomic mass is 35.5. The first-order chi connectivity index (χ1) is 19.0. The number of nitrogens with zero attached hydrogens (tertiary/aromatic N) is 1. The molecule has 1 N–H and O–H groups in total. The number of ether oxygens (including phenoxy) is 2. The zero-order chi connectivity index (χ0) is 27.2. The summed E-state index contributed by atoms with van der Waals surface area (Å²) >= 11 is 12.7. The van der Waals surface area contributed by atoms with Crippen LogP contribution in [0.3, 0.4) is 0 Å². The lowest BCUT2D eigenvalue weighted by atomic mass is 10.0. The Labute approximate surface area is 239 Å². The number of nitrogens with one attached hydrogen (secondary N) is 1. The van der Waals surface area contributed by atoms with Gasteiger partial charge in [0.15, 0.2) is 11.5 Å². The van der Waals surface area contributed by atoms with Gasteiger partial charge < -0.3 is 19.7 Å². The van der Waals surface area contributed by atoms with Gasteiger partial charge in [0, 0.05) is 35.5 Å². The van der Waals surface area contributed by atoms with E-state index in [2.05, 4.69) is 5.32 Å². The zero-order valence-electron chi connectivity index (χ0n) is 21.7. The van der Waals surface area contributed by atoms with Gasteiger partial charge in [-0.3, -0.25) is 9.59 Å². The molecule has 3 aromatic rings. The molecule has 1 saturated carbocycles. The second kappa shape index (κ2) is 12.8. The number of hydrogen-bond donors (Lipinski definition) is 1. The molecule has 0 bridgehead atoms. The summed E-state index contributed by atoms with van der Waals surface area (Å²) in [5, 5.41) is 4.21. The molecule has 5 rings (SSSR count). The maximum atomic E-state index is 13.9. The number of aryl methyl sites for hydroxylation is 1. The molecule has 0 spiro atoms. The lowest BCUT2D eigenvalue weighted by Crippen LogP contribution is -2.52. The predicted octanol–water partition coefficient (Wildman–Crippen LogP) is 6.35. The van der Waals surface area contributed by atoms with Crippen LogP contribution >= 0.6 is 23.2 Å². The van der Waals surface area contributed by atoms with Gasteiger partial charge in [0.25, 0.3) is 0 Å². The largest absolute Gasteiger partial charge is 0.454 e. The lowest BCUT2D eigenvalue weighted by Gasteiger charge is -2.32. The normalized spacial score (nSPS) is 15.2. The van der Waals surface area contributed by atoms with E-state index in [1.807, 2.05) is 54.6 Å². The summed E-state index contributed by atoms with van der Waals surface area (Å²) in [5.41, 5.74) is 2.69. The van der Waals surface area contributed by atoms with Crippen LogP contribution in [0.2, 0.25) is 10.0 Å². The molecule has 8 heteroatoms. The van der Waals surface area contributed by atoms with Crippen molar-refractivity contribution in [1.29, 1.82) is 0 Å². The highest BCUT2D eigenvalue weighted by molar-refractivity contribution is 6.35. The molecule has 0 aromatic heterocycles. The Morgan fingerprint density at radius 3 is 2.46 bits per heavy atom. The van der Waals surface area contributed by atoms with Crippen LogP contribution in [0.15, 0.2) is 66.7 Å². The molecule has 0 radical (unpaired) electrons. The van der Waals surface area contributed by atoms with Crippen molar-refractivity contribution in [2.45, 2.75) is 63.6 Å². The van der Waals surface area contributed by atoms with E-state index < -0.39 is 6.04 Å². The lowest BCUT2D eigenvalue weighted by molar-refractivity contribution is -0.141. The Bertz CT molecular complexity index is 1310. The van der Waals surface area contributed by atoms with Crippen molar-refractivity contribution in [2.24, 2.45) is 0 Å². The summed E-state index contributed by atoms with van der Waals surface area (Å²) in [7, 11) is 0. The van der Waals surface area contributed by atoms with Gasteiger partial charge in [0.1, 0.15) is 6.04 Å². The van der Waals surface area contributed by atoms with E-state index in [1.165, 1.54) is 0 Å². The fourth-order valence-electron chi connectivity index (χ4n) is 5.25. The molecule has 1 atom stereocenters. The number of fused-ring (bicyclic) bond motifs is 1. The standard InChI is InChI=1S/C31H32Cl2N2O4/c32-24-13-12-23(26(33)18-24)19-35(30(36)15-11-22-10-14-28-29(17-22)39-20-38-28)27(16-21-6-2-1-3-7-21)31(37)34-25-8-4-5-9-25/h1-3,6-7,10,12-14,17-18,25,27H,4-5,8-9,11,15-16,19-20H2,(H,34,37)/t27-/m1/s1. The molecule has 3 aromatic carbocycles. The number of carbonyl (C=O) groups is 2. The fourth-order valence-corrected chi connectivity index (χ4v) is 5.71. The summed E-state index contributed by atoms with van der Waals surface area (Å²) < 4.78 is 10.9. The third-order valence-electron chi connectivity index (χ3n) is 7.39. The van der Waals surface area contributed by atoms with Crippen molar-refractivity contribution in [3.8, 4) is 11.5 Å². The van der Waals surface area contributed by atoms with Gasteiger partial charge >= 0.3 is 0 Å². The monoisotopic (exact) mass is 566 g/mol. The average molecular weight is 568 g/mol. The van der Waals surface area contributed by atoms with Gasteiger partial charge in [0.2, 0.25) is 18.6 Å². The molecule has 0 saturated heterocycles. The number of halogens is 2. The predicted molar refractivity (Wildman–Crippen MR) is 152 cm³/mol. The molecule has 1 aliphatic heterocycles. The van der Waals surface area contributed by atoms with Gasteiger partial charge in [-0.05, 0) is 60.2 Å². The summed E-state index contributed by atoms with van der Waals surface area (Å²) in [6.07, 6.45) is 5.27. The first-order valence-corrected chi connectivity index (χ1v) is 14.2. The number of rotatable bonds is 10. The Balaban J connectivity index is 1.42. The Hall–Kier alpha value is -3.22. The molecular formula is C31H32Cl2N2O4. The fraction of sp³-hybridized carbons (Fsp3) is 0.355. The Morgan fingerprint density at radius 1 is 0.923 bits per heavy atom. The van der Waals surface area contributed by atoms with Gasteiger partial charge in [0.05, 0.1) is 0 Å². The highest BCUT2D eigenvalue weighted by Crippen LogP contribution is 2.33. The second-order valence-corrected chi connectivity index (χ2v) is 11.0. The molecule has 6 nitrogen and oxygen atoms in total. The van der Waals surface area contributed by atoms with Crippen molar-refractivity contribution < 1.29 is 19.1 Å². The van der Waals surface area contributed by atoms with Crippen LogP contribution in [-0.4, -0.2) is 35.6 Å². The minimum Gasteiger partial charge on any atom is -0.454 e. The van der Waals surface area contributed by atoms with Crippen molar-refractivity contribution >= 4 is 35.0 Å². The average Bonchev–Trinajstić information content (AvgIpc) is 3.62. The molecular weight excluding hydrogens is 535 g/mol. The van der Waals surface area contributed by atoms with E-state index in [0.29, 0.717) is 34.4 Å². The van der Waals surface area contributed by atoms with Crippen LogP contribution in [0.5, 0.6) is 11.5 Å². The van der Waals surface area contributed by atoms with E-state index >= 15 is 0 Å². The number of hydrogen-bond acceptors (Lipinski definition) is 4. The minimum atomic E-state index is -0.691. The van der Waals surface area contributed by atoms with Gasteiger partial charge in [-0.25, -0.2) is 0 Å². The number of carbonyl (C=O) groups excluding carboxylic acids is 2. The first kappa shape index (κ1) is 27.4. The van der Waals surface area contributed by atoms with Crippen molar-refractivity contribution in [2.75, 3.05) is 6.79 Å². The maximum absolute atomic E-state index is 13.9. The van der Waals surface area contributed by atoms with Crippen LogP contribution in [-0.2, 0) is 29.0 Å². The molecule has 1 heterocycles. The molecule has 1 aliphatic carbocycles. The van der Waals surface area contributed by atoms with Crippen molar-refractivity contribution in [1.82, 2.24) is 10.2 Å². The molecule has 204 valence electrons. The topological polar surface area (TPSA) is 67.9 Å². The Kier molecular flexibility index (Phi) is 8.95. The number of amides is 2. The van der Waals surface area contributed by atoms with E-state index in [4.69, 9.17) is 32.7 Å². The molecule has 2 aliphatic rings. The third kappa shape index (κ3) is 7.06. The van der Waals surface area contributed by atoms with Crippen LogP contribution in [0.4, 0.5) is 0 Å². The van der Waals surface area contributed by atoms with Gasteiger partial charge in [-0.2, -0.15) is 0 Å². The van der Waals surface area contributed by atoms with Crippen LogP contribution in [0, 0.1) is 0 Å². The molecule has 39 heavy (non-hydrogen) atoms. The van der Waals surface area contributed by atoms with Crippen LogP contribution < -0.4 is 14.8 Å². The molecule has 2 amide bonds. The summed E-state index contributed by atoms with van der Waals surface area (Å²) in [5.74, 6) is 1.13. The van der Waals surface area contributed by atoms with Crippen LogP contribution in [0.1, 0.15) is 48.8 Å². The quantitative estimate of drug-likeness (QED) is 0.310. The van der Waals surface area contributed by atoms with Crippen molar-refractivity contribution in [3.63, 3.8) is 0 Å². The highest BCUT2D eigenvalue weighted by Gasteiger charge is 2.32. The molecule has 0 unspecified atom stereocenters. The van der Waals surface area contributed by atoms with E-state index in [-0.39, 0.29) is 37.6 Å². The van der Waals surface area contributed by atoms with Crippen molar-refractivity contribution in [3.05, 3.63) is 93.5 Å². The maximum Gasteiger partial charge on any atom is 0.243 e. The zero-order valence-corrected chi connectivity index (χ0v) is 23.2. The van der Waals surface area contributed by atoms with E-state index in [1.54, 1.807) is 17.0 Å².